The fourth-order valence-corrected chi connectivity index (χ4v) is 2.75. The number of ether oxygens (including phenoxy) is 1. The molecule has 5 heteroatoms. The van der Waals surface area contributed by atoms with Crippen molar-refractivity contribution < 1.29 is 4.74 Å². The highest BCUT2D eigenvalue weighted by Gasteiger charge is 2.29. The predicted molar refractivity (Wildman–Crippen MR) is 68.7 cm³/mol. The van der Waals surface area contributed by atoms with Crippen LogP contribution in [0.3, 0.4) is 0 Å². The SMILES string of the molecule is Nc1nc(CC2CCOC2)nc(C2CC2)c1Br. The van der Waals surface area contributed by atoms with Crippen molar-refractivity contribution in [1.82, 2.24) is 9.97 Å². The molecular weight excluding hydrogens is 282 g/mol. The second-order valence-corrected chi connectivity index (χ2v) is 5.73. The Morgan fingerprint density at radius 3 is 2.76 bits per heavy atom. The molecule has 1 saturated heterocycles. The van der Waals surface area contributed by atoms with Crippen LogP contribution in [0.4, 0.5) is 5.82 Å². The highest BCUT2D eigenvalue weighted by molar-refractivity contribution is 9.10. The smallest absolute Gasteiger partial charge is 0.141 e. The van der Waals surface area contributed by atoms with Crippen LogP contribution in [0, 0.1) is 5.92 Å². The number of halogens is 1. The molecule has 1 aliphatic heterocycles. The molecular formula is C12H16BrN3O. The molecule has 3 rings (SSSR count). The summed E-state index contributed by atoms with van der Waals surface area (Å²) in [5.74, 6) is 2.61. The van der Waals surface area contributed by atoms with Gasteiger partial charge in [-0.05, 0) is 41.1 Å². The first-order valence-corrected chi connectivity index (χ1v) is 6.93. The van der Waals surface area contributed by atoms with Crippen molar-refractivity contribution in [2.75, 3.05) is 18.9 Å². The highest BCUT2D eigenvalue weighted by atomic mass is 79.9. The van der Waals surface area contributed by atoms with E-state index in [4.69, 9.17) is 10.5 Å². The standard InChI is InChI=1S/C12H16BrN3O/c13-10-11(8-1-2-8)15-9(16-12(10)14)5-7-3-4-17-6-7/h7-8H,1-6H2,(H2,14,15,16). The minimum absolute atomic E-state index is 0.558. The molecule has 1 aromatic rings. The van der Waals surface area contributed by atoms with Crippen molar-refractivity contribution in [3.05, 3.63) is 16.0 Å². The van der Waals surface area contributed by atoms with Gasteiger partial charge in [-0.3, -0.25) is 0 Å². The molecule has 0 bridgehead atoms. The zero-order valence-electron chi connectivity index (χ0n) is 9.66. The van der Waals surface area contributed by atoms with E-state index in [0.29, 0.717) is 17.7 Å². The molecule has 17 heavy (non-hydrogen) atoms. The van der Waals surface area contributed by atoms with Gasteiger partial charge in [-0.1, -0.05) is 0 Å². The number of nitrogens with two attached hydrogens (primary N) is 1. The normalized spacial score (nSPS) is 24.2. The van der Waals surface area contributed by atoms with Crippen molar-refractivity contribution in [2.24, 2.45) is 5.92 Å². The number of nitrogen functional groups attached to an aromatic ring is 1. The highest BCUT2D eigenvalue weighted by Crippen LogP contribution is 2.43. The average Bonchev–Trinajstić information content (AvgIpc) is 3.02. The van der Waals surface area contributed by atoms with Gasteiger partial charge >= 0.3 is 0 Å². The molecule has 1 atom stereocenters. The zero-order valence-corrected chi connectivity index (χ0v) is 11.2. The summed E-state index contributed by atoms with van der Waals surface area (Å²) in [5, 5.41) is 0. The van der Waals surface area contributed by atoms with Crippen molar-refractivity contribution in [3.8, 4) is 0 Å². The predicted octanol–water partition coefficient (Wildman–Crippen LogP) is 2.28. The zero-order chi connectivity index (χ0) is 11.8. The van der Waals surface area contributed by atoms with Crippen LogP contribution in [0.5, 0.6) is 0 Å². The van der Waals surface area contributed by atoms with Crippen LogP contribution in [0.15, 0.2) is 4.47 Å². The van der Waals surface area contributed by atoms with Gasteiger partial charge in [0.05, 0.1) is 10.2 Å². The van der Waals surface area contributed by atoms with Crippen LogP contribution >= 0.6 is 15.9 Å². The van der Waals surface area contributed by atoms with Gasteiger partial charge in [0.25, 0.3) is 0 Å². The van der Waals surface area contributed by atoms with Crippen LogP contribution in [-0.4, -0.2) is 23.2 Å². The van der Waals surface area contributed by atoms with Crippen LogP contribution in [-0.2, 0) is 11.2 Å². The third-order valence-corrected chi connectivity index (χ3v) is 4.22. The molecule has 2 aliphatic rings. The molecule has 0 aromatic carbocycles. The van der Waals surface area contributed by atoms with E-state index in [1.165, 1.54) is 12.8 Å². The van der Waals surface area contributed by atoms with Gasteiger partial charge in [0.1, 0.15) is 11.6 Å². The maximum atomic E-state index is 5.93. The fraction of sp³-hybridized carbons (Fsp3) is 0.667. The fourth-order valence-electron chi connectivity index (χ4n) is 2.25. The van der Waals surface area contributed by atoms with E-state index in [-0.39, 0.29) is 0 Å². The van der Waals surface area contributed by atoms with Gasteiger partial charge in [-0.15, -0.1) is 0 Å². The lowest BCUT2D eigenvalue weighted by Crippen LogP contribution is -2.10. The van der Waals surface area contributed by atoms with Crippen LogP contribution in [0.2, 0.25) is 0 Å². The van der Waals surface area contributed by atoms with Gasteiger partial charge in [0, 0.05) is 25.6 Å². The summed E-state index contributed by atoms with van der Waals surface area (Å²) in [5.41, 5.74) is 7.04. The topological polar surface area (TPSA) is 61.0 Å². The van der Waals surface area contributed by atoms with Crippen LogP contribution in [0.25, 0.3) is 0 Å². The quantitative estimate of drug-likeness (QED) is 0.930. The number of nitrogens with zero attached hydrogens (tertiary/aromatic N) is 2. The summed E-state index contributed by atoms with van der Waals surface area (Å²) in [6.07, 6.45) is 4.44. The first-order chi connectivity index (χ1) is 8.24. The molecule has 92 valence electrons. The Morgan fingerprint density at radius 1 is 1.29 bits per heavy atom. The molecule has 1 aliphatic carbocycles. The minimum Gasteiger partial charge on any atom is -0.383 e. The van der Waals surface area contributed by atoms with E-state index in [9.17, 15) is 0 Å². The lowest BCUT2D eigenvalue weighted by atomic mass is 10.0. The molecule has 4 nitrogen and oxygen atoms in total. The maximum Gasteiger partial charge on any atom is 0.141 e. The number of anilines is 1. The summed E-state index contributed by atoms with van der Waals surface area (Å²) in [7, 11) is 0. The number of aromatic nitrogens is 2. The second kappa shape index (κ2) is 4.53. The molecule has 2 fully saturated rings. The maximum absolute atomic E-state index is 5.93. The lowest BCUT2D eigenvalue weighted by Gasteiger charge is -2.10. The minimum atomic E-state index is 0.558. The second-order valence-electron chi connectivity index (χ2n) is 4.93. The Balaban J connectivity index is 1.83. The summed E-state index contributed by atoms with van der Waals surface area (Å²) >= 11 is 3.49. The molecule has 0 spiro atoms. The van der Waals surface area contributed by atoms with Crippen molar-refractivity contribution in [2.45, 2.75) is 31.6 Å². The molecule has 1 unspecified atom stereocenters. The molecule has 2 heterocycles. The largest absolute Gasteiger partial charge is 0.383 e. The lowest BCUT2D eigenvalue weighted by molar-refractivity contribution is 0.185. The van der Waals surface area contributed by atoms with Crippen LogP contribution in [0.1, 0.15) is 36.7 Å². The van der Waals surface area contributed by atoms with E-state index in [1.54, 1.807) is 0 Å². The summed E-state index contributed by atoms with van der Waals surface area (Å²) in [4.78, 5) is 9.04. The Kier molecular flexibility index (Phi) is 3.04. The third-order valence-electron chi connectivity index (χ3n) is 3.41. The molecule has 1 aromatic heterocycles. The van der Waals surface area contributed by atoms with E-state index in [1.807, 2.05) is 0 Å². The monoisotopic (exact) mass is 297 g/mol. The molecule has 0 amide bonds. The van der Waals surface area contributed by atoms with E-state index < -0.39 is 0 Å². The van der Waals surface area contributed by atoms with E-state index in [2.05, 4.69) is 25.9 Å². The molecule has 1 saturated carbocycles. The van der Waals surface area contributed by atoms with Gasteiger partial charge in [0.15, 0.2) is 0 Å². The van der Waals surface area contributed by atoms with E-state index in [0.717, 1.165) is 42.0 Å². The van der Waals surface area contributed by atoms with Gasteiger partial charge in [-0.2, -0.15) is 0 Å². The van der Waals surface area contributed by atoms with E-state index >= 15 is 0 Å². The first kappa shape index (κ1) is 11.4. The van der Waals surface area contributed by atoms with Gasteiger partial charge in [0.2, 0.25) is 0 Å². The number of hydrogen-bond acceptors (Lipinski definition) is 4. The summed E-state index contributed by atoms with van der Waals surface area (Å²) < 4.78 is 6.27. The van der Waals surface area contributed by atoms with Gasteiger partial charge < -0.3 is 10.5 Å². The van der Waals surface area contributed by atoms with Crippen molar-refractivity contribution in [1.29, 1.82) is 0 Å². The first-order valence-electron chi connectivity index (χ1n) is 6.13. The average molecular weight is 298 g/mol. The number of hydrogen-bond donors (Lipinski definition) is 1. The summed E-state index contributed by atoms with van der Waals surface area (Å²) in [6.45, 7) is 1.70. The molecule has 2 N–H and O–H groups in total. The van der Waals surface area contributed by atoms with Crippen molar-refractivity contribution in [3.63, 3.8) is 0 Å². The Morgan fingerprint density at radius 2 is 2.12 bits per heavy atom. The Hall–Kier alpha value is -0.680. The Labute approximate surface area is 109 Å². The van der Waals surface area contributed by atoms with Crippen LogP contribution < -0.4 is 5.73 Å². The summed E-state index contributed by atoms with van der Waals surface area (Å²) in [6, 6.07) is 0. The molecule has 0 radical (unpaired) electrons. The van der Waals surface area contributed by atoms with Gasteiger partial charge in [-0.25, -0.2) is 9.97 Å². The third kappa shape index (κ3) is 2.45. The van der Waals surface area contributed by atoms with Crippen molar-refractivity contribution >= 4 is 21.7 Å². The Bertz CT molecular complexity index is 428. The number of rotatable bonds is 3.